The van der Waals surface area contributed by atoms with Crippen molar-refractivity contribution in [2.24, 2.45) is 5.92 Å². The Morgan fingerprint density at radius 2 is 1.75 bits per heavy atom. The van der Waals surface area contributed by atoms with E-state index in [1.807, 2.05) is 7.05 Å². The van der Waals surface area contributed by atoms with Crippen LogP contribution in [0.4, 0.5) is 0 Å². The zero-order chi connectivity index (χ0) is 14.6. The van der Waals surface area contributed by atoms with E-state index in [1.54, 1.807) is 4.31 Å². The van der Waals surface area contributed by atoms with Gasteiger partial charge in [-0.25, -0.2) is 4.72 Å². The molecule has 0 aliphatic carbocycles. The molecule has 118 valence electrons. The zero-order valence-electron chi connectivity index (χ0n) is 12.7. The summed E-state index contributed by atoms with van der Waals surface area (Å²) in [5.41, 5.74) is 0. The lowest BCUT2D eigenvalue weighted by Gasteiger charge is -2.32. The smallest absolute Gasteiger partial charge is 0.279 e. The number of hydrogen-bond donors (Lipinski definition) is 1. The lowest BCUT2D eigenvalue weighted by Crippen LogP contribution is -2.51. The minimum absolute atomic E-state index is 0.563. The molecule has 0 aromatic heterocycles. The zero-order valence-corrected chi connectivity index (χ0v) is 13.5. The molecule has 0 unspecified atom stereocenters. The molecule has 1 atom stereocenters. The fourth-order valence-electron chi connectivity index (χ4n) is 3.02. The molecule has 2 saturated heterocycles. The van der Waals surface area contributed by atoms with Crippen LogP contribution in [-0.4, -0.2) is 82.4 Å². The normalized spacial score (nSPS) is 27.8. The van der Waals surface area contributed by atoms with Crippen LogP contribution < -0.4 is 4.72 Å². The number of likely N-dealkylation sites (tertiary alicyclic amines) is 1. The summed E-state index contributed by atoms with van der Waals surface area (Å²) < 4.78 is 28.7. The number of piperidine rings is 1. The molecular weight excluding hydrogens is 276 g/mol. The van der Waals surface area contributed by atoms with E-state index in [0.29, 0.717) is 25.6 Å². The number of piperazine rings is 1. The van der Waals surface area contributed by atoms with Crippen molar-refractivity contribution in [2.45, 2.75) is 19.3 Å². The van der Waals surface area contributed by atoms with Crippen molar-refractivity contribution in [1.82, 2.24) is 18.8 Å². The number of rotatable bonds is 5. The summed E-state index contributed by atoms with van der Waals surface area (Å²) in [4.78, 5) is 4.49. The predicted molar refractivity (Wildman–Crippen MR) is 80.8 cm³/mol. The molecular formula is C13H28N4O2S. The Morgan fingerprint density at radius 1 is 1.05 bits per heavy atom. The molecule has 0 aromatic carbocycles. The second-order valence-corrected chi connectivity index (χ2v) is 7.92. The third kappa shape index (κ3) is 4.66. The highest BCUT2D eigenvalue weighted by Crippen LogP contribution is 2.17. The van der Waals surface area contributed by atoms with E-state index in [2.05, 4.69) is 21.6 Å². The van der Waals surface area contributed by atoms with Crippen LogP contribution in [0.5, 0.6) is 0 Å². The van der Waals surface area contributed by atoms with Gasteiger partial charge in [-0.15, -0.1) is 0 Å². The first-order chi connectivity index (χ1) is 9.47. The van der Waals surface area contributed by atoms with Gasteiger partial charge in [-0.2, -0.15) is 12.7 Å². The Bertz CT molecular complexity index is 393. The molecule has 2 heterocycles. The predicted octanol–water partition coefficient (Wildman–Crippen LogP) is -0.200. The maximum atomic E-state index is 12.2. The van der Waals surface area contributed by atoms with Crippen LogP contribution >= 0.6 is 0 Å². The molecule has 2 fully saturated rings. The van der Waals surface area contributed by atoms with Crippen LogP contribution in [0.15, 0.2) is 0 Å². The summed E-state index contributed by atoms with van der Waals surface area (Å²) in [6.45, 7) is 5.64. The van der Waals surface area contributed by atoms with Crippen molar-refractivity contribution >= 4 is 10.2 Å². The van der Waals surface area contributed by atoms with Gasteiger partial charge in [0, 0.05) is 39.3 Å². The lowest BCUT2D eigenvalue weighted by atomic mass is 9.95. The van der Waals surface area contributed by atoms with Crippen LogP contribution in [0.25, 0.3) is 0 Å². The van der Waals surface area contributed by atoms with E-state index in [4.69, 9.17) is 0 Å². The molecule has 0 spiro atoms. The average molecular weight is 304 g/mol. The number of likely N-dealkylation sites (N-methyl/N-ethyl adjacent to an activating group) is 1. The van der Waals surface area contributed by atoms with E-state index >= 15 is 0 Å². The van der Waals surface area contributed by atoms with E-state index in [9.17, 15) is 8.42 Å². The van der Waals surface area contributed by atoms with Gasteiger partial charge < -0.3 is 9.80 Å². The molecule has 0 aromatic rings. The summed E-state index contributed by atoms with van der Waals surface area (Å²) >= 11 is 0. The van der Waals surface area contributed by atoms with Crippen molar-refractivity contribution in [2.75, 3.05) is 59.9 Å². The van der Waals surface area contributed by atoms with E-state index in [1.165, 1.54) is 19.4 Å². The lowest BCUT2D eigenvalue weighted by molar-refractivity contribution is 0.202. The maximum absolute atomic E-state index is 12.2. The Kier molecular flexibility index (Phi) is 5.80. The summed E-state index contributed by atoms with van der Waals surface area (Å²) in [5, 5.41) is 0. The Hall–Kier alpha value is -0.210. The third-order valence-corrected chi connectivity index (χ3v) is 5.98. The highest BCUT2D eigenvalue weighted by molar-refractivity contribution is 7.87. The van der Waals surface area contributed by atoms with Gasteiger partial charge in [-0.1, -0.05) is 0 Å². The Labute approximate surface area is 123 Å². The first-order valence-electron chi connectivity index (χ1n) is 7.59. The fourth-order valence-corrected chi connectivity index (χ4v) is 4.22. The van der Waals surface area contributed by atoms with Crippen molar-refractivity contribution < 1.29 is 8.42 Å². The SMILES string of the molecule is CN1CCN(S(=O)(=O)NCC[C@@H]2CCCN(C)C2)CC1. The monoisotopic (exact) mass is 304 g/mol. The molecule has 1 N–H and O–H groups in total. The molecule has 0 amide bonds. The van der Waals surface area contributed by atoms with Crippen molar-refractivity contribution in [1.29, 1.82) is 0 Å². The van der Waals surface area contributed by atoms with E-state index < -0.39 is 10.2 Å². The van der Waals surface area contributed by atoms with Gasteiger partial charge in [0.05, 0.1) is 0 Å². The highest BCUT2D eigenvalue weighted by Gasteiger charge is 2.25. The van der Waals surface area contributed by atoms with Gasteiger partial charge in [0.15, 0.2) is 0 Å². The van der Waals surface area contributed by atoms with Crippen molar-refractivity contribution in [3.63, 3.8) is 0 Å². The number of nitrogens with zero attached hydrogens (tertiary/aromatic N) is 3. The second kappa shape index (κ2) is 7.17. The average Bonchev–Trinajstić information content (AvgIpc) is 2.39. The van der Waals surface area contributed by atoms with Crippen LogP contribution in [0, 0.1) is 5.92 Å². The van der Waals surface area contributed by atoms with Crippen molar-refractivity contribution in [3.8, 4) is 0 Å². The topological polar surface area (TPSA) is 55.9 Å². The molecule has 2 aliphatic heterocycles. The standard InChI is InChI=1S/C13H28N4O2S/c1-15-8-10-17(11-9-15)20(18,19)14-6-5-13-4-3-7-16(2)12-13/h13-14H,3-12H2,1-2H3/t13-/m0/s1. The van der Waals surface area contributed by atoms with Crippen LogP contribution in [0.1, 0.15) is 19.3 Å². The molecule has 7 heteroatoms. The van der Waals surface area contributed by atoms with Gasteiger partial charge in [-0.05, 0) is 45.8 Å². The molecule has 6 nitrogen and oxygen atoms in total. The summed E-state index contributed by atoms with van der Waals surface area (Å²) in [5.74, 6) is 0.629. The van der Waals surface area contributed by atoms with E-state index in [-0.39, 0.29) is 0 Å². The van der Waals surface area contributed by atoms with Gasteiger partial charge in [0.1, 0.15) is 0 Å². The van der Waals surface area contributed by atoms with Gasteiger partial charge >= 0.3 is 0 Å². The van der Waals surface area contributed by atoms with Gasteiger partial charge in [0.2, 0.25) is 0 Å². The summed E-state index contributed by atoms with van der Waals surface area (Å²) in [7, 11) is 0.886. The first kappa shape index (κ1) is 16.2. The molecule has 2 aliphatic rings. The summed E-state index contributed by atoms with van der Waals surface area (Å²) in [6, 6.07) is 0. The fraction of sp³-hybridized carbons (Fsp3) is 1.00. The maximum Gasteiger partial charge on any atom is 0.279 e. The van der Waals surface area contributed by atoms with Crippen molar-refractivity contribution in [3.05, 3.63) is 0 Å². The molecule has 0 saturated carbocycles. The van der Waals surface area contributed by atoms with Gasteiger partial charge in [-0.3, -0.25) is 0 Å². The second-order valence-electron chi connectivity index (χ2n) is 6.16. The minimum atomic E-state index is -3.28. The quantitative estimate of drug-likeness (QED) is 0.764. The molecule has 20 heavy (non-hydrogen) atoms. The largest absolute Gasteiger partial charge is 0.306 e. The third-order valence-electron chi connectivity index (χ3n) is 4.36. The highest BCUT2D eigenvalue weighted by atomic mass is 32.2. The first-order valence-corrected chi connectivity index (χ1v) is 9.03. The molecule has 2 rings (SSSR count). The van der Waals surface area contributed by atoms with Gasteiger partial charge in [0.25, 0.3) is 10.2 Å². The van der Waals surface area contributed by atoms with Crippen LogP contribution in [0.3, 0.4) is 0 Å². The summed E-state index contributed by atoms with van der Waals surface area (Å²) in [6.07, 6.45) is 3.39. The number of hydrogen-bond acceptors (Lipinski definition) is 4. The minimum Gasteiger partial charge on any atom is -0.306 e. The van der Waals surface area contributed by atoms with Crippen LogP contribution in [0.2, 0.25) is 0 Å². The Balaban J connectivity index is 1.72. The molecule has 0 bridgehead atoms. The van der Waals surface area contributed by atoms with E-state index in [0.717, 1.165) is 26.1 Å². The van der Waals surface area contributed by atoms with Crippen LogP contribution in [-0.2, 0) is 10.2 Å². The Morgan fingerprint density at radius 3 is 2.40 bits per heavy atom. The molecule has 0 radical (unpaired) electrons. The number of nitrogens with one attached hydrogen (secondary N) is 1.